The summed E-state index contributed by atoms with van der Waals surface area (Å²) < 4.78 is 12.3. The van der Waals surface area contributed by atoms with Crippen LogP contribution in [0.5, 0.6) is 0 Å². The second-order valence-corrected chi connectivity index (χ2v) is 11.0. The number of rotatable bonds is 5. The molecule has 3 aromatic carbocycles. The summed E-state index contributed by atoms with van der Waals surface area (Å²) in [6.45, 7) is 0. The molecule has 2 atom stereocenters. The van der Waals surface area contributed by atoms with E-state index in [1.165, 1.54) is 36.4 Å². The van der Waals surface area contributed by atoms with Gasteiger partial charge in [0.25, 0.3) is 5.91 Å². The zero-order chi connectivity index (χ0) is 24.8. The quantitative estimate of drug-likeness (QED) is 0.221. The maximum absolute atomic E-state index is 13.1. The summed E-state index contributed by atoms with van der Waals surface area (Å²) in [5, 5.41) is 6.25. The number of alkyl halides is 2. The van der Waals surface area contributed by atoms with Gasteiger partial charge < -0.3 is 10.6 Å². The lowest BCUT2D eigenvalue weighted by Crippen LogP contribution is -2.18. The zero-order valence-corrected chi connectivity index (χ0v) is 22.2. The van der Waals surface area contributed by atoms with Crippen LogP contribution < -0.4 is 10.6 Å². The van der Waals surface area contributed by atoms with Crippen LogP contribution in [0.2, 0.25) is 15.1 Å². The van der Waals surface area contributed by atoms with Crippen LogP contribution in [0, 0.1) is 11.7 Å². The second-order valence-electron chi connectivity index (χ2n) is 7.57. The normalized spacial score (nSPS) is 18.3. The van der Waals surface area contributed by atoms with Crippen molar-refractivity contribution in [2.24, 2.45) is 5.92 Å². The molecule has 2 N–H and O–H groups in total. The Labute approximate surface area is 227 Å². The van der Waals surface area contributed by atoms with Crippen molar-refractivity contribution in [2.45, 2.75) is 10.3 Å². The Balaban J connectivity index is 1.51. The van der Waals surface area contributed by atoms with E-state index in [0.29, 0.717) is 31.5 Å². The third kappa shape index (κ3) is 5.18. The van der Waals surface area contributed by atoms with Gasteiger partial charge in [0.15, 0.2) is 0 Å². The molecule has 0 aromatic heterocycles. The second kappa shape index (κ2) is 9.84. The zero-order valence-electron chi connectivity index (χ0n) is 16.8. The van der Waals surface area contributed by atoms with Crippen LogP contribution in [0.3, 0.4) is 0 Å². The number of anilines is 2. The van der Waals surface area contributed by atoms with E-state index in [9.17, 15) is 14.0 Å². The molecule has 4 nitrogen and oxygen atoms in total. The van der Waals surface area contributed by atoms with Crippen molar-refractivity contribution in [3.8, 4) is 0 Å². The summed E-state index contributed by atoms with van der Waals surface area (Å²) in [6.07, 6.45) is 0. The molecule has 0 radical (unpaired) electrons. The van der Waals surface area contributed by atoms with E-state index in [1.807, 2.05) is 0 Å². The minimum atomic E-state index is -1.36. The number of nitrogens with one attached hydrogen (secondary N) is 2. The lowest BCUT2D eigenvalue weighted by molar-refractivity contribution is -0.117. The summed E-state index contributed by atoms with van der Waals surface area (Å²) in [5.41, 5.74) is 1.45. The van der Waals surface area contributed by atoms with Gasteiger partial charge in [-0.15, -0.1) is 23.2 Å². The number of benzene rings is 3. The molecule has 0 heterocycles. The van der Waals surface area contributed by atoms with Crippen molar-refractivity contribution in [3.63, 3.8) is 0 Å². The molecule has 1 fully saturated rings. The Kier molecular flexibility index (Phi) is 7.40. The highest BCUT2D eigenvalue weighted by Crippen LogP contribution is 2.65. The van der Waals surface area contributed by atoms with Crippen LogP contribution in [-0.4, -0.2) is 16.1 Å². The molecule has 11 heteroatoms. The monoisotopic (exact) mass is 622 g/mol. The topological polar surface area (TPSA) is 58.2 Å². The van der Waals surface area contributed by atoms with E-state index in [0.717, 1.165) is 0 Å². The predicted molar refractivity (Wildman–Crippen MR) is 139 cm³/mol. The lowest BCUT2D eigenvalue weighted by Gasteiger charge is -2.10. The van der Waals surface area contributed by atoms with Crippen molar-refractivity contribution in [1.29, 1.82) is 0 Å². The number of halogens is 7. The minimum absolute atomic E-state index is 0.116. The molecule has 34 heavy (non-hydrogen) atoms. The SMILES string of the molecule is O=C(Nc1ccc(F)cc1)c1cc(NC(=O)[C@H]2[C@H](c3cc(Cl)c(Br)c(Cl)c3)C2(Cl)Cl)ccc1Cl. The number of carbonyl (C=O) groups excluding carboxylic acids is 2. The van der Waals surface area contributed by atoms with Gasteiger partial charge in [-0.3, -0.25) is 9.59 Å². The molecular formula is C23H13BrCl5FN2O2. The molecule has 3 aromatic rings. The Morgan fingerprint density at radius 1 is 0.853 bits per heavy atom. The number of amides is 2. The van der Waals surface area contributed by atoms with Gasteiger partial charge in [0.2, 0.25) is 5.91 Å². The molecule has 2 amide bonds. The summed E-state index contributed by atoms with van der Waals surface area (Å²) in [7, 11) is 0. The van der Waals surface area contributed by atoms with E-state index in [2.05, 4.69) is 26.6 Å². The predicted octanol–water partition coefficient (Wildman–Crippen LogP) is 8.33. The Bertz CT molecular complexity index is 1280. The third-order valence-electron chi connectivity index (χ3n) is 5.28. The molecule has 1 aliphatic rings. The highest BCUT2D eigenvalue weighted by atomic mass is 79.9. The minimum Gasteiger partial charge on any atom is -0.326 e. The fourth-order valence-corrected chi connectivity index (χ4v) is 5.32. The molecule has 1 saturated carbocycles. The van der Waals surface area contributed by atoms with Crippen LogP contribution in [0.25, 0.3) is 0 Å². The summed E-state index contributed by atoms with van der Waals surface area (Å²) >= 11 is 34.7. The Morgan fingerprint density at radius 3 is 2.06 bits per heavy atom. The first-order chi connectivity index (χ1) is 16.0. The highest BCUT2D eigenvalue weighted by Gasteiger charge is 2.67. The summed E-state index contributed by atoms with van der Waals surface area (Å²) in [5.74, 6) is -2.72. The fourth-order valence-electron chi connectivity index (χ4n) is 3.55. The number of carbonyl (C=O) groups is 2. The van der Waals surface area contributed by atoms with Gasteiger partial charge in [-0.2, -0.15) is 0 Å². The molecule has 4 rings (SSSR count). The molecule has 0 saturated heterocycles. The largest absolute Gasteiger partial charge is 0.326 e. The van der Waals surface area contributed by atoms with E-state index >= 15 is 0 Å². The fraction of sp³-hybridized carbons (Fsp3) is 0.130. The van der Waals surface area contributed by atoms with Gasteiger partial charge in [0.05, 0.1) is 31.0 Å². The van der Waals surface area contributed by atoms with Crippen molar-refractivity contribution in [1.82, 2.24) is 0 Å². The Morgan fingerprint density at radius 2 is 1.44 bits per heavy atom. The van der Waals surface area contributed by atoms with Crippen LogP contribution in [0.15, 0.2) is 59.1 Å². The first kappa shape index (κ1) is 25.5. The molecule has 0 spiro atoms. The molecule has 0 aliphatic heterocycles. The van der Waals surface area contributed by atoms with Crippen LogP contribution in [0.4, 0.5) is 15.8 Å². The maximum Gasteiger partial charge on any atom is 0.257 e. The van der Waals surface area contributed by atoms with Crippen LogP contribution >= 0.6 is 73.9 Å². The van der Waals surface area contributed by atoms with Gasteiger partial charge in [0.1, 0.15) is 10.2 Å². The molecule has 0 unspecified atom stereocenters. The van der Waals surface area contributed by atoms with Gasteiger partial charge in [-0.25, -0.2) is 4.39 Å². The van der Waals surface area contributed by atoms with E-state index in [1.54, 1.807) is 18.2 Å². The summed E-state index contributed by atoms with van der Waals surface area (Å²) in [4.78, 5) is 25.6. The molecular weight excluding hydrogens is 612 g/mol. The lowest BCUT2D eigenvalue weighted by atomic mass is 10.1. The van der Waals surface area contributed by atoms with Crippen molar-refractivity contribution >= 4 is 97.1 Å². The van der Waals surface area contributed by atoms with Gasteiger partial charge in [0, 0.05) is 17.3 Å². The molecule has 1 aliphatic carbocycles. The third-order valence-corrected chi connectivity index (χ3v) is 8.46. The Hall–Kier alpha value is -1.54. The summed E-state index contributed by atoms with van der Waals surface area (Å²) in [6, 6.07) is 13.0. The first-order valence-electron chi connectivity index (χ1n) is 9.68. The van der Waals surface area contributed by atoms with Gasteiger partial charge >= 0.3 is 0 Å². The molecule has 0 bridgehead atoms. The standard InChI is InChI=1S/C23H13BrCl5FN2O2/c24-20-16(26)7-10(8-17(20)27)18-19(23(18,28)29)22(34)32-13-5-6-15(25)14(9-13)21(33)31-12-3-1-11(30)2-4-12/h1-9,18-19H,(H,31,33)(H,32,34)/t18-,19+/m0/s1. The number of hydrogen-bond donors (Lipinski definition) is 2. The highest BCUT2D eigenvalue weighted by molar-refractivity contribution is 9.10. The van der Waals surface area contributed by atoms with Gasteiger partial charge in [-0.1, -0.05) is 34.8 Å². The van der Waals surface area contributed by atoms with Crippen molar-refractivity contribution < 1.29 is 14.0 Å². The van der Waals surface area contributed by atoms with E-state index in [-0.39, 0.29) is 10.6 Å². The smallest absolute Gasteiger partial charge is 0.257 e. The van der Waals surface area contributed by atoms with Gasteiger partial charge in [-0.05, 0) is 76.1 Å². The van der Waals surface area contributed by atoms with E-state index in [4.69, 9.17) is 58.0 Å². The average molecular weight is 626 g/mol. The van der Waals surface area contributed by atoms with Crippen molar-refractivity contribution in [2.75, 3.05) is 10.6 Å². The van der Waals surface area contributed by atoms with Crippen molar-refractivity contribution in [3.05, 3.63) is 91.1 Å². The van der Waals surface area contributed by atoms with Crippen LogP contribution in [-0.2, 0) is 4.79 Å². The average Bonchev–Trinajstić information content (AvgIpc) is 3.36. The number of hydrogen-bond acceptors (Lipinski definition) is 2. The molecule has 176 valence electrons. The maximum atomic E-state index is 13.1. The first-order valence-corrected chi connectivity index (χ1v) is 12.4. The van der Waals surface area contributed by atoms with Crippen LogP contribution in [0.1, 0.15) is 21.8 Å². The van der Waals surface area contributed by atoms with E-state index < -0.39 is 33.8 Å².